The first-order valence-electron chi connectivity index (χ1n) is 24.3. The second-order valence-electron chi connectivity index (χ2n) is 19.5. The highest BCUT2D eigenvalue weighted by Gasteiger charge is 2.50. The van der Waals surface area contributed by atoms with Crippen molar-refractivity contribution in [1.29, 1.82) is 0 Å². The zero-order valence-corrected chi connectivity index (χ0v) is 42.4. The Morgan fingerprint density at radius 3 is 1.20 bits per heavy atom. The van der Waals surface area contributed by atoms with Gasteiger partial charge in [-0.05, 0) is 49.7 Å². The predicted molar refractivity (Wildman–Crippen MR) is 252 cm³/mol. The normalized spacial score (nSPS) is 12.4. The fourth-order valence-electron chi connectivity index (χ4n) is 8.82. The van der Waals surface area contributed by atoms with Crippen LogP contribution in [0.15, 0.2) is 60.7 Å². The van der Waals surface area contributed by atoms with Crippen molar-refractivity contribution in [2.75, 3.05) is 54.5 Å². The molecule has 0 radical (unpaired) electrons. The summed E-state index contributed by atoms with van der Waals surface area (Å²) in [5.74, 6) is 2.07. The van der Waals surface area contributed by atoms with Crippen LogP contribution in [0.1, 0.15) is 195 Å². The molecule has 0 fully saturated rings. The van der Waals surface area contributed by atoms with Crippen molar-refractivity contribution in [2.24, 2.45) is 11.8 Å². The summed E-state index contributed by atoms with van der Waals surface area (Å²) < 4.78 is 14.2. The van der Waals surface area contributed by atoms with E-state index in [4.69, 9.17) is 9.47 Å². The molecule has 0 heterocycles. The van der Waals surface area contributed by atoms with Crippen molar-refractivity contribution in [1.82, 2.24) is 0 Å². The number of rotatable bonds is 34. The summed E-state index contributed by atoms with van der Waals surface area (Å²) in [5.41, 5.74) is 1.40. The van der Waals surface area contributed by atoms with Crippen LogP contribution in [0.3, 0.4) is 0 Å². The first kappa shape index (κ1) is 59.8. The number of ether oxygens (including phenoxy) is 2. The largest absolute Gasteiger partial charge is 1.00 e. The lowest BCUT2D eigenvalue weighted by Crippen LogP contribution is -3.00. The summed E-state index contributed by atoms with van der Waals surface area (Å²) in [6, 6.07) is 21.0. The molecule has 0 bridgehead atoms. The molecule has 2 aromatic rings. The van der Waals surface area contributed by atoms with Crippen molar-refractivity contribution in [2.45, 2.75) is 201 Å². The van der Waals surface area contributed by atoms with E-state index in [1.165, 1.54) is 152 Å². The van der Waals surface area contributed by atoms with E-state index in [1.807, 2.05) is 30.3 Å². The zero-order valence-electron chi connectivity index (χ0n) is 40.9. The molecule has 1 unspecified atom stereocenters. The van der Waals surface area contributed by atoms with Gasteiger partial charge < -0.3 is 38.8 Å². The quantitative estimate of drug-likeness (QED) is 0.0397. The number of para-hydroxylation sites is 1. The lowest BCUT2D eigenvalue weighted by molar-refractivity contribution is -0.991. The van der Waals surface area contributed by atoms with Gasteiger partial charge in [0.05, 0.1) is 47.9 Å². The smallest absolute Gasteiger partial charge is 0.190 e. The molecule has 0 aliphatic carbocycles. The van der Waals surface area contributed by atoms with Crippen LogP contribution in [0.5, 0.6) is 5.75 Å². The highest BCUT2D eigenvalue weighted by atomic mass is 35.5. The molecule has 0 aromatic heterocycles. The molecule has 4 nitrogen and oxygen atoms in total. The topological polar surface area (TPSA) is 18.5 Å². The van der Waals surface area contributed by atoms with Crippen LogP contribution in [0.25, 0.3) is 0 Å². The van der Waals surface area contributed by atoms with Crippen molar-refractivity contribution < 1.29 is 43.3 Å². The SMILES string of the molecule is CC(C)CC(CC(C)C)(c1ccccc1)[N+](C)(C)C(C)OCCOc1ccccc1.CCCCCCCCCCCC[N+](C)(C)CCCCCCCCCCCC.[Cl-].[Cl-]. The number of hydrogen-bond acceptors (Lipinski definition) is 2. The number of halogens is 2. The predicted octanol–water partition coefficient (Wildman–Crippen LogP) is 9.40. The standard InChI is InChI=1S/C27H42NO2.C26H56N.2ClH/c1-22(2)20-27(21-23(3)4,25-14-10-8-11-15-25)28(6,7)24(5)29-18-19-30-26-16-12-9-13-17-26;1-5-7-9-11-13-15-17-19-21-23-25-27(3,4)26-24-22-20-18-16-14-12-10-8-6-2;;/h8-17,22-24H,18-21H2,1-7H3;5-26H2,1-4H3;2*1H/q2*+1;;/p-2. The van der Waals surface area contributed by atoms with E-state index in [-0.39, 0.29) is 36.6 Å². The van der Waals surface area contributed by atoms with Crippen molar-refractivity contribution >= 4 is 0 Å². The summed E-state index contributed by atoms with van der Waals surface area (Å²) in [7, 11) is 9.56. The van der Waals surface area contributed by atoms with Crippen molar-refractivity contribution in [3.63, 3.8) is 0 Å². The van der Waals surface area contributed by atoms with E-state index in [0.29, 0.717) is 25.0 Å². The Morgan fingerprint density at radius 1 is 0.475 bits per heavy atom. The van der Waals surface area contributed by atoms with Crippen LogP contribution < -0.4 is 29.6 Å². The summed E-state index contributed by atoms with van der Waals surface area (Å²) in [6.45, 7) is 20.0. The minimum absolute atomic E-state index is 0. The molecule has 6 heteroatoms. The lowest BCUT2D eigenvalue weighted by Gasteiger charge is -2.53. The van der Waals surface area contributed by atoms with Crippen molar-refractivity contribution in [3.8, 4) is 5.75 Å². The number of benzene rings is 2. The van der Waals surface area contributed by atoms with E-state index < -0.39 is 0 Å². The van der Waals surface area contributed by atoms with Gasteiger partial charge in [0.25, 0.3) is 0 Å². The molecular weight excluding hydrogens is 768 g/mol. The van der Waals surface area contributed by atoms with E-state index in [9.17, 15) is 0 Å². The summed E-state index contributed by atoms with van der Waals surface area (Å²) in [4.78, 5) is 0. The fraction of sp³-hybridized carbons (Fsp3) is 0.774. The number of unbranched alkanes of at least 4 members (excludes halogenated alkanes) is 18. The molecule has 0 saturated heterocycles. The maximum atomic E-state index is 6.37. The molecule has 0 amide bonds. The van der Waals surface area contributed by atoms with Crippen LogP contribution in [-0.2, 0) is 10.3 Å². The monoisotopic (exact) mass is 865 g/mol. The minimum Gasteiger partial charge on any atom is -1.00 e. The molecule has 0 saturated carbocycles. The summed E-state index contributed by atoms with van der Waals surface area (Å²) in [6.07, 6.45) is 31.3. The highest BCUT2D eigenvalue weighted by Crippen LogP contribution is 2.45. The molecule has 1 atom stereocenters. The first-order chi connectivity index (χ1) is 27.3. The molecule has 0 N–H and O–H groups in total. The second kappa shape index (κ2) is 36.2. The number of nitrogens with zero attached hydrogens (tertiary/aromatic N) is 2. The van der Waals surface area contributed by atoms with E-state index in [1.54, 1.807) is 0 Å². The van der Waals surface area contributed by atoms with Gasteiger partial charge in [0.2, 0.25) is 0 Å². The minimum atomic E-state index is -0.0106. The zero-order chi connectivity index (χ0) is 42.3. The summed E-state index contributed by atoms with van der Waals surface area (Å²) in [5, 5.41) is 0. The Kier molecular flexibility index (Phi) is 36.7. The van der Waals surface area contributed by atoms with Crippen LogP contribution in [0.2, 0.25) is 0 Å². The Bertz CT molecular complexity index is 1140. The van der Waals surface area contributed by atoms with Gasteiger partial charge in [-0.25, -0.2) is 0 Å². The van der Waals surface area contributed by atoms with Gasteiger partial charge >= 0.3 is 0 Å². The highest BCUT2D eigenvalue weighted by molar-refractivity contribution is 5.23. The van der Waals surface area contributed by atoms with E-state index in [0.717, 1.165) is 23.1 Å². The Morgan fingerprint density at radius 2 is 0.831 bits per heavy atom. The van der Waals surface area contributed by atoms with E-state index >= 15 is 0 Å². The number of hydrogen-bond donors (Lipinski definition) is 0. The maximum Gasteiger partial charge on any atom is 0.190 e. The molecule has 0 spiro atoms. The average Bonchev–Trinajstić information content (AvgIpc) is 3.18. The summed E-state index contributed by atoms with van der Waals surface area (Å²) >= 11 is 0. The molecule has 0 aliphatic rings. The lowest BCUT2D eigenvalue weighted by atomic mass is 9.74. The molecule has 2 aromatic carbocycles. The Labute approximate surface area is 381 Å². The Balaban J connectivity index is 0. The maximum absolute atomic E-state index is 6.37. The average molecular weight is 866 g/mol. The second-order valence-corrected chi connectivity index (χ2v) is 19.5. The van der Waals surface area contributed by atoms with Gasteiger partial charge in [0, 0.05) is 25.3 Å². The van der Waals surface area contributed by atoms with Gasteiger partial charge in [0.1, 0.15) is 17.9 Å². The van der Waals surface area contributed by atoms with Crippen LogP contribution in [-0.4, -0.2) is 69.7 Å². The van der Waals surface area contributed by atoms with E-state index in [2.05, 4.69) is 107 Å². The van der Waals surface area contributed by atoms with Crippen molar-refractivity contribution in [3.05, 3.63) is 66.2 Å². The third kappa shape index (κ3) is 27.4. The van der Waals surface area contributed by atoms with Gasteiger partial charge in [-0.15, -0.1) is 0 Å². The molecular formula is C53H98Cl2N2O2. The van der Waals surface area contributed by atoms with Gasteiger partial charge in [-0.3, -0.25) is 4.48 Å². The molecule has 0 aliphatic heterocycles. The van der Waals surface area contributed by atoms with Crippen LogP contribution in [0, 0.1) is 11.8 Å². The number of quaternary nitrogens is 2. The van der Waals surface area contributed by atoms with Gasteiger partial charge in [-0.2, -0.15) is 0 Å². The first-order valence-corrected chi connectivity index (χ1v) is 24.3. The van der Waals surface area contributed by atoms with Crippen LogP contribution in [0.4, 0.5) is 0 Å². The van der Waals surface area contributed by atoms with Gasteiger partial charge in [-0.1, -0.05) is 193 Å². The Hall–Kier alpha value is -1.30. The third-order valence-corrected chi connectivity index (χ3v) is 12.5. The fourth-order valence-corrected chi connectivity index (χ4v) is 8.82. The van der Waals surface area contributed by atoms with Crippen LogP contribution >= 0.6 is 0 Å². The molecule has 2 rings (SSSR count). The third-order valence-electron chi connectivity index (χ3n) is 12.5. The van der Waals surface area contributed by atoms with Gasteiger partial charge in [0.15, 0.2) is 6.23 Å². The molecule has 346 valence electrons. The molecule has 59 heavy (non-hydrogen) atoms.